The van der Waals surface area contributed by atoms with Crippen molar-refractivity contribution in [3.8, 4) is 0 Å². The topological polar surface area (TPSA) is 20.2 Å². The van der Waals surface area contributed by atoms with Gasteiger partial charge in [0.1, 0.15) is 0 Å². The standard InChI is InChI=1S/C5H7F3O/c1-4(3-9)2-5(6,7)8/h3,9H,2H2,1H3/b4-3+. The first-order chi connectivity index (χ1) is 3.95. The largest absolute Gasteiger partial charge is 0.516 e. The summed E-state index contributed by atoms with van der Waals surface area (Å²) in [5.74, 6) is 0. The van der Waals surface area contributed by atoms with Crippen LogP contribution in [0.1, 0.15) is 13.3 Å². The van der Waals surface area contributed by atoms with Crippen molar-refractivity contribution in [1.82, 2.24) is 0 Å². The maximum Gasteiger partial charge on any atom is 0.392 e. The van der Waals surface area contributed by atoms with Gasteiger partial charge in [0.15, 0.2) is 0 Å². The monoisotopic (exact) mass is 140 g/mol. The molecule has 0 unspecified atom stereocenters. The number of aliphatic hydroxyl groups excluding tert-OH is 1. The molecular weight excluding hydrogens is 133 g/mol. The summed E-state index contributed by atoms with van der Waals surface area (Å²) < 4.78 is 34.0. The molecule has 0 aliphatic carbocycles. The van der Waals surface area contributed by atoms with Gasteiger partial charge in [-0.05, 0) is 12.5 Å². The van der Waals surface area contributed by atoms with E-state index in [1.165, 1.54) is 6.92 Å². The van der Waals surface area contributed by atoms with Crippen molar-refractivity contribution >= 4 is 0 Å². The number of hydrogen-bond donors (Lipinski definition) is 1. The molecule has 0 bridgehead atoms. The molecule has 0 aromatic carbocycles. The third-order valence-electron chi connectivity index (χ3n) is 0.700. The molecule has 0 rings (SSSR count). The van der Waals surface area contributed by atoms with Crippen molar-refractivity contribution < 1.29 is 18.3 Å². The summed E-state index contributed by atoms with van der Waals surface area (Å²) >= 11 is 0. The van der Waals surface area contributed by atoms with Gasteiger partial charge in [0.2, 0.25) is 0 Å². The van der Waals surface area contributed by atoms with Crippen molar-refractivity contribution in [3.63, 3.8) is 0 Å². The maximum absolute atomic E-state index is 11.3. The summed E-state index contributed by atoms with van der Waals surface area (Å²) in [7, 11) is 0. The average molecular weight is 140 g/mol. The van der Waals surface area contributed by atoms with Gasteiger partial charge in [-0.2, -0.15) is 13.2 Å². The molecule has 9 heavy (non-hydrogen) atoms. The molecule has 0 aliphatic rings. The fourth-order valence-corrected chi connectivity index (χ4v) is 0.362. The Balaban J connectivity index is 3.75. The van der Waals surface area contributed by atoms with E-state index in [2.05, 4.69) is 0 Å². The second kappa shape index (κ2) is 2.75. The smallest absolute Gasteiger partial charge is 0.392 e. The van der Waals surface area contributed by atoms with E-state index in [1.807, 2.05) is 0 Å². The average Bonchev–Trinajstić information content (AvgIpc) is 1.62. The van der Waals surface area contributed by atoms with Gasteiger partial charge >= 0.3 is 6.18 Å². The molecule has 0 spiro atoms. The molecule has 0 heterocycles. The number of allylic oxidation sites excluding steroid dienone is 1. The molecule has 1 nitrogen and oxygen atoms in total. The third kappa shape index (κ3) is 5.20. The number of aliphatic hydroxyl groups is 1. The van der Waals surface area contributed by atoms with Gasteiger partial charge in [-0.25, -0.2) is 0 Å². The first-order valence-electron chi connectivity index (χ1n) is 2.32. The fraction of sp³-hybridized carbons (Fsp3) is 0.600. The SMILES string of the molecule is C/C(=C\O)CC(F)(F)F. The van der Waals surface area contributed by atoms with Crippen LogP contribution in [0.5, 0.6) is 0 Å². The summed E-state index contributed by atoms with van der Waals surface area (Å²) in [5, 5.41) is 8.04. The normalized spacial score (nSPS) is 14.0. The lowest BCUT2D eigenvalue weighted by Gasteiger charge is -2.03. The summed E-state index contributed by atoms with van der Waals surface area (Å²) in [6.07, 6.45) is -4.78. The van der Waals surface area contributed by atoms with Gasteiger partial charge in [0, 0.05) is 0 Å². The van der Waals surface area contributed by atoms with Crippen LogP contribution in [-0.4, -0.2) is 11.3 Å². The number of halogens is 3. The van der Waals surface area contributed by atoms with E-state index in [0.29, 0.717) is 6.26 Å². The summed E-state index contributed by atoms with van der Waals surface area (Å²) in [6.45, 7) is 1.22. The van der Waals surface area contributed by atoms with Crippen LogP contribution in [0.25, 0.3) is 0 Å². The molecule has 0 saturated heterocycles. The first kappa shape index (κ1) is 8.33. The lowest BCUT2D eigenvalue weighted by molar-refractivity contribution is -0.127. The Morgan fingerprint density at radius 2 is 2.00 bits per heavy atom. The molecule has 4 heteroatoms. The molecule has 54 valence electrons. The van der Waals surface area contributed by atoms with Crippen molar-refractivity contribution in [3.05, 3.63) is 11.8 Å². The van der Waals surface area contributed by atoms with Crippen molar-refractivity contribution in [2.45, 2.75) is 19.5 Å². The van der Waals surface area contributed by atoms with Crippen molar-refractivity contribution in [2.75, 3.05) is 0 Å². The van der Waals surface area contributed by atoms with Gasteiger partial charge in [-0.15, -0.1) is 0 Å². The summed E-state index contributed by atoms with van der Waals surface area (Å²) in [5.41, 5.74) is -0.0810. The Kier molecular flexibility index (Phi) is 2.55. The molecule has 0 aliphatic heterocycles. The summed E-state index contributed by atoms with van der Waals surface area (Å²) in [6, 6.07) is 0. The minimum Gasteiger partial charge on any atom is -0.516 e. The molecule has 1 N–H and O–H groups in total. The van der Waals surface area contributed by atoms with Crippen LogP contribution < -0.4 is 0 Å². The quantitative estimate of drug-likeness (QED) is 0.554. The molecule has 0 amide bonds. The predicted molar refractivity (Wildman–Crippen MR) is 27.1 cm³/mol. The van der Waals surface area contributed by atoms with Crippen LogP contribution in [0.4, 0.5) is 13.2 Å². The van der Waals surface area contributed by atoms with E-state index in [4.69, 9.17) is 5.11 Å². The zero-order chi connectivity index (χ0) is 7.49. The molecule has 0 saturated carbocycles. The minimum absolute atomic E-state index is 0.0810. The molecule has 0 fully saturated rings. The van der Waals surface area contributed by atoms with Crippen LogP contribution in [0.15, 0.2) is 11.8 Å². The van der Waals surface area contributed by atoms with Crippen LogP contribution in [-0.2, 0) is 0 Å². The molecular formula is C5H7F3O. The molecule has 0 atom stereocenters. The zero-order valence-electron chi connectivity index (χ0n) is 4.87. The van der Waals surface area contributed by atoms with Gasteiger partial charge in [0.05, 0.1) is 12.7 Å². The number of alkyl halides is 3. The van der Waals surface area contributed by atoms with E-state index in [9.17, 15) is 13.2 Å². The minimum atomic E-state index is -4.21. The number of hydrogen-bond acceptors (Lipinski definition) is 1. The van der Waals surface area contributed by atoms with Gasteiger partial charge in [-0.1, -0.05) is 0 Å². The van der Waals surface area contributed by atoms with Crippen LogP contribution in [0, 0.1) is 0 Å². The highest BCUT2D eigenvalue weighted by Gasteiger charge is 2.27. The first-order valence-corrected chi connectivity index (χ1v) is 2.32. The Labute approximate surface area is 50.8 Å². The highest BCUT2D eigenvalue weighted by molar-refractivity contribution is 4.93. The number of rotatable bonds is 1. The molecule has 0 aromatic heterocycles. The second-order valence-corrected chi connectivity index (χ2v) is 1.77. The van der Waals surface area contributed by atoms with E-state index in [-0.39, 0.29) is 5.57 Å². The lowest BCUT2D eigenvalue weighted by atomic mass is 10.2. The van der Waals surface area contributed by atoms with Gasteiger partial charge < -0.3 is 5.11 Å². The highest BCUT2D eigenvalue weighted by Crippen LogP contribution is 2.23. The van der Waals surface area contributed by atoms with Crippen molar-refractivity contribution in [1.29, 1.82) is 0 Å². The summed E-state index contributed by atoms with van der Waals surface area (Å²) in [4.78, 5) is 0. The Hall–Kier alpha value is -0.670. The highest BCUT2D eigenvalue weighted by atomic mass is 19.4. The van der Waals surface area contributed by atoms with Crippen LogP contribution in [0.3, 0.4) is 0 Å². The van der Waals surface area contributed by atoms with Crippen LogP contribution in [0.2, 0.25) is 0 Å². The van der Waals surface area contributed by atoms with E-state index in [1.54, 1.807) is 0 Å². The van der Waals surface area contributed by atoms with E-state index in [0.717, 1.165) is 0 Å². The lowest BCUT2D eigenvalue weighted by Crippen LogP contribution is -2.06. The van der Waals surface area contributed by atoms with Gasteiger partial charge in [0.25, 0.3) is 0 Å². The maximum atomic E-state index is 11.3. The van der Waals surface area contributed by atoms with E-state index >= 15 is 0 Å². The Morgan fingerprint density at radius 3 is 2.11 bits per heavy atom. The fourth-order valence-electron chi connectivity index (χ4n) is 0.362. The third-order valence-corrected chi connectivity index (χ3v) is 0.700. The zero-order valence-corrected chi connectivity index (χ0v) is 4.87. The second-order valence-electron chi connectivity index (χ2n) is 1.77. The molecule has 0 radical (unpaired) electrons. The Bertz CT molecular complexity index is 114. The molecule has 0 aromatic rings. The van der Waals surface area contributed by atoms with Crippen molar-refractivity contribution in [2.24, 2.45) is 0 Å². The predicted octanol–water partition coefficient (Wildman–Crippen LogP) is 2.40. The van der Waals surface area contributed by atoms with Gasteiger partial charge in [-0.3, -0.25) is 0 Å². The van der Waals surface area contributed by atoms with Crippen LogP contribution >= 0.6 is 0 Å². The van der Waals surface area contributed by atoms with E-state index < -0.39 is 12.6 Å². The Morgan fingerprint density at radius 1 is 1.56 bits per heavy atom.